The highest BCUT2D eigenvalue weighted by molar-refractivity contribution is 6.40. The predicted octanol–water partition coefficient (Wildman–Crippen LogP) is 4.94. The molecule has 0 atom stereocenters. The first-order chi connectivity index (χ1) is 12.3. The number of alkyl halides is 2. The number of nitrogens with zero attached hydrogens (tertiary/aromatic N) is 4. The van der Waals surface area contributed by atoms with E-state index in [-0.39, 0.29) is 27.2 Å². The fraction of sp³-hybridized carbons (Fsp3) is 0.118. The first-order valence-corrected chi connectivity index (χ1v) is 8.09. The van der Waals surface area contributed by atoms with Gasteiger partial charge in [0.1, 0.15) is 21.8 Å². The van der Waals surface area contributed by atoms with Crippen LogP contribution in [0.3, 0.4) is 0 Å². The molecule has 2 aromatic heterocycles. The smallest absolute Gasteiger partial charge is 0.282 e. The Bertz CT molecular complexity index is 1020. The van der Waals surface area contributed by atoms with Crippen LogP contribution in [-0.2, 0) is 0 Å². The van der Waals surface area contributed by atoms with Crippen LogP contribution in [0.15, 0.2) is 30.3 Å². The number of rotatable bonds is 3. The number of nitrogens with two attached hydrogens (primary N) is 1. The minimum atomic E-state index is -2.79. The van der Waals surface area contributed by atoms with Gasteiger partial charge in [0.25, 0.3) is 6.43 Å². The van der Waals surface area contributed by atoms with Crippen molar-refractivity contribution in [3.63, 3.8) is 0 Å². The van der Waals surface area contributed by atoms with Crippen molar-refractivity contribution in [1.82, 2.24) is 14.8 Å². The van der Waals surface area contributed by atoms with Crippen LogP contribution in [0.5, 0.6) is 0 Å². The largest absolute Gasteiger partial charge is 0.396 e. The van der Waals surface area contributed by atoms with Crippen molar-refractivity contribution in [2.45, 2.75) is 13.3 Å². The predicted molar refractivity (Wildman–Crippen MR) is 95.6 cm³/mol. The van der Waals surface area contributed by atoms with E-state index in [1.54, 1.807) is 18.2 Å². The molecular weight excluding hydrogens is 383 g/mol. The Morgan fingerprint density at radius 3 is 2.42 bits per heavy atom. The van der Waals surface area contributed by atoms with Crippen LogP contribution >= 0.6 is 23.2 Å². The molecule has 0 radical (unpaired) electrons. The SMILES string of the molecule is Cc1ccc(-c2cc(C(F)F)nn2-c2nc(C#N)c(Cl)c(N)c2Cl)cc1. The third-order valence-electron chi connectivity index (χ3n) is 3.70. The van der Waals surface area contributed by atoms with Gasteiger partial charge >= 0.3 is 0 Å². The summed E-state index contributed by atoms with van der Waals surface area (Å²) in [6, 6.07) is 10.2. The number of aromatic nitrogens is 3. The number of pyridine rings is 1. The third kappa shape index (κ3) is 3.09. The van der Waals surface area contributed by atoms with E-state index in [1.807, 2.05) is 19.1 Å². The van der Waals surface area contributed by atoms with Gasteiger partial charge in [-0.1, -0.05) is 53.0 Å². The number of halogens is 4. The van der Waals surface area contributed by atoms with Gasteiger partial charge in [0.05, 0.1) is 11.4 Å². The average Bonchev–Trinajstić information content (AvgIpc) is 3.06. The van der Waals surface area contributed by atoms with E-state index < -0.39 is 12.1 Å². The average molecular weight is 394 g/mol. The van der Waals surface area contributed by atoms with Crippen LogP contribution in [0, 0.1) is 18.3 Å². The zero-order valence-corrected chi connectivity index (χ0v) is 14.9. The molecule has 0 amide bonds. The molecule has 2 N–H and O–H groups in total. The molecular formula is C17H11Cl2F2N5. The Balaban J connectivity index is 2.30. The van der Waals surface area contributed by atoms with E-state index in [2.05, 4.69) is 10.1 Å². The number of nitriles is 1. The van der Waals surface area contributed by atoms with Crippen molar-refractivity contribution in [3.8, 4) is 23.1 Å². The molecule has 1 aromatic carbocycles. The molecule has 0 spiro atoms. The van der Waals surface area contributed by atoms with Gasteiger partial charge in [0.15, 0.2) is 11.5 Å². The second-order valence-corrected chi connectivity index (χ2v) is 6.23. The maximum absolute atomic E-state index is 13.2. The fourth-order valence-corrected chi connectivity index (χ4v) is 2.80. The second kappa shape index (κ2) is 6.90. The van der Waals surface area contributed by atoms with Crippen molar-refractivity contribution in [1.29, 1.82) is 5.26 Å². The maximum Gasteiger partial charge on any atom is 0.282 e. The Morgan fingerprint density at radius 2 is 1.85 bits per heavy atom. The molecule has 0 aliphatic rings. The number of hydrogen-bond acceptors (Lipinski definition) is 4. The number of benzene rings is 1. The van der Waals surface area contributed by atoms with E-state index in [0.29, 0.717) is 11.3 Å². The molecule has 0 saturated heterocycles. The van der Waals surface area contributed by atoms with Gasteiger partial charge in [0, 0.05) is 5.56 Å². The van der Waals surface area contributed by atoms with E-state index in [4.69, 9.17) is 28.9 Å². The van der Waals surface area contributed by atoms with Crippen molar-refractivity contribution in [2.75, 3.05) is 5.73 Å². The fourth-order valence-electron chi connectivity index (χ4n) is 2.36. The first-order valence-electron chi connectivity index (χ1n) is 7.33. The van der Waals surface area contributed by atoms with Crippen molar-refractivity contribution in [3.05, 3.63) is 57.3 Å². The van der Waals surface area contributed by atoms with Crippen LogP contribution < -0.4 is 5.73 Å². The number of hydrogen-bond donors (Lipinski definition) is 1. The second-order valence-electron chi connectivity index (χ2n) is 5.47. The highest BCUT2D eigenvalue weighted by Crippen LogP contribution is 2.36. The van der Waals surface area contributed by atoms with Crippen molar-refractivity contribution < 1.29 is 8.78 Å². The van der Waals surface area contributed by atoms with Crippen LogP contribution in [0.4, 0.5) is 14.5 Å². The molecule has 26 heavy (non-hydrogen) atoms. The minimum absolute atomic E-state index is 0.0485. The highest BCUT2D eigenvalue weighted by atomic mass is 35.5. The summed E-state index contributed by atoms with van der Waals surface area (Å²) in [5.74, 6) is -0.0485. The number of aryl methyl sites for hydroxylation is 1. The Morgan fingerprint density at radius 1 is 1.19 bits per heavy atom. The zero-order valence-electron chi connectivity index (χ0n) is 13.3. The number of nitrogen functional groups attached to an aromatic ring is 1. The first kappa shape index (κ1) is 18.1. The molecule has 0 fully saturated rings. The van der Waals surface area contributed by atoms with Gasteiger partial charge in [-0.25, -0.2) is 18.4 Å². The summed E-state index contributed by atoms with van der Waals surface area (Å²) in [6.45, 7) is 1.91. The lowest BCUT2D eigenvalue weighted by atomic mass is 10.1. The van der Waals surface area contributed by atoms with Crippen molar-refractivity contribution in [2.24, 2.45) is 0 Å². The van der Waals surface area contributed by atoms with E-state index in [0.717, 1.165) is 10.2 Å². The van der Waals surface area contributed by atoms with Gasteiger partial charge in [-0.3, -0.25) is 0 Å². The zero-order chi connectivity index (χ0) is 19.0. The monoisotopic (exact) mass is 393 g/mol. The molecule has 0 aliphatic heterocycles. The van der Waals surface area contributed by atoms with E-state index >= 15 is 0 Å². The topological polar surface area (TPSA) is 80.5 Å². The molecule has 3 aromatic rings. The Labute approximate surface area is 157 Å². The van der Waals surface area contributed by atoms with Gasteiger partial charge in [0.2, 0.25) is 0 Å². The lowest BCUT2D eigenvalue weighted by molar-refractivity contribution is 0.145. The molecule has 2 heterocycles. The van der Waals surface area contributed by atoms with E-state index in [1.165, 1.54) is 6.07 Å². The summed E-state index contributed by atoms with van der Waals surface area (Å²) in [6.07, 6.45) is -2.79. The normalized spacial score (nSPS) is 11.0. The quantitative estimate of drug-likeness (QED) is 0.682. The van der Waals surface area contributed by atoms with Crippen LogP contribution in [0.1, 0.15) is 23.4 Å². The molecule has 0 unspecified atom stereocenters. The number of anilines is 1. The molecule has 3 rings (SSSR count). The summed E-state index contributed by atoms with van der Waals surface area (Å²) in [7, 11) is 0. The maximum atomic E-state index is 13.2. The van der Waals surface area contributed by atoms with E-state index in [9.17, 15) is 14.0 Å². The van der Waals surface area contributed by atoms with Crippen LogP contribution in [0.25, 0.3) is 17.1 Å². The molecule has 0 aliphatic carbocycles. The van der Waals surface area contributed by atoms with Gasteiger partial charge in [-0.15, -0.1) is 0 Å². The molecule has 0 saturated carbocycles. The Kier molecular flexibility index (Phi) is 4.81. The standard InChI is InChI=1S/C17H11Cl2F2N5/c1-8-2-4-9(5-3-8)12-6-10(16(20)21)25-26(12)17-14(19)15(23)13(18)11(7-22)24-17/h2-6,16H,1H3,(H2,23,24). The van der Waals surface area contributed by atoms with Gasteiger partial charge < -0.3 is 5.73 Å². The van der Waals surface area contributed by atoms with Crippen LogP contribution in [-0.4, -0.2) is 14.8 Å². The summed E-state index contributed by atoms with van der Waals surface area (Å²) in [4.78, 5) is 4.05. The summed E-state index contributed by atoms with van der Waals surface area (Å²) < 4.78 is 27.6. The molecule has 132 valence electrons. The van der Waals surface area contributed by atoms with Gasteiger partial charge in [-0.2, -0.15) is 10.4 Å². The summed E-state index contributed by atoms with van der Waals surface area (Å²) in [5, 5.41) is 12.9. The summed E-state index contributed by atoms with van der Waals surface area (Å²) in [5.41, 5.74) is 7.10. The lowest BCUT2D eigenvalue weighted by Gasteiger charge is -2.12. The Hall–Kier alpha value is -2.69. The van der Waals surface area contributed by atoms with Gasteiger partial charge in [-0.05, 0) is 13.0 Å². The third-order valence-corrected chi connectivity index (χ3v) is 4.46. The lowest BCUT2D eigenvalue weighted by Crippen LogP contribution is -2.07. The summed E-state index contributed by atoms with van der Waals surface area (Å²) >= 11 is 12.1. The molecule has 5 nitrogen and oxygen atoms in total. The highest BCUT2D eigenvalue weighted by Gasteiger charge is 2.23. The molecule has 9 heteroatoms. The minimum Gasteiger partial charge on any atom is -0.396 e. The van der Waals surface area contributed by atoms with Crippen LogP contribution in [0.2, 0.25) is 10.0 Å². The van der Waals surface area contributed by atoms with Crippen molar-refractivity contribution >= 4 is 28.9 Å². The molecule has 0 bridgehead atoms.